The van der Waals surface area contributed by atoms with Gasteiger partial charge in [-0.15, -0.1) is 0 Å². The number of rotatable bonds is 7. The average Bonchev–Trinajstić information content (AvgIpc) is 2.72. The summed E-state index contributed by atoms with van der Waals surface area (Å²) in [5.74, 6) is 2.34. The predicted octanol–water partition coefficient (Wildman–Crippen LogP) is 3.25. The van der Waals surface area contributed by atoms with Crippen LogP contribution in [-0.4, -0.2) is 55.2 Å². The summed E-state index contributed by atoms with van der Waals surface area (Å²) in [6.45, 7) is 5.57. The third-order valence-electron chi connectivity index (χ3n) is 4.33. The molecule has 0 spiro atoms. The van der Waals surface area contributed by atoms with Gasteiger partial charge in [-0.3, -0.25) is 4.79 Å². The number of benzene rings is 1. The van der Waals surface area contributed by atoms with Gasteiger partial charge in [0.05, 0.1) is 11.6 Å². The lowest BCUT2D eigenvalue weighted by molar-refractivity contribution is -0.133. The van der Waals surface area contributed by atoms with Gasteiger partial charge in [0.25, 0.3) is 5.91 Å². The number of amides is 1. The topological polar surface area (TPSA) is 54.9 Å². The first kappa shape index (κ1) is 19.3. The highest BCUT2D eigenvalue weighted by atomic mass is 35.5. The van der Waals surface area contributed by atoms with Crippen molar-refractivity contribution in [1.82, 2.24) is 9.88 Å². The Morgan fingerprint density at radius 2 is 1.70 bits per heavy atom. The molecule has 7 heteroatoms. The quantitative estimate of drug-likeness (QED) is 0.727. The molecular weight excluding hydrogens is 366 g/mol. The van der Waals surface area contributed by atoms with Crippen LogP contribution in [0.25, 0.3) is 0 Å². The summed E-state index contributed by atoms with van der Waals surface area (Å²) in [6, 6.07) is 11.1. The molecule has 6 nitrogen and oxygen atoms in total. The van der Waals surface area contributed by atoms with Crippen molar-refractivity contribution in [2.24, 2.45) is 0 Å². The summed E-state index contributed by atoms with van der Waals surface area (Å²) in [5, 5.41) is 0.620. The number of carbonyl (C=O) groups excluding carboxylic acids is 1. The number of hydrogen-bond donors (Lipinski definition) is 0. The smallest absolute Gasteiger partial charge is 0.260 e. The second kappa shape index (κ2) is 9.46. The van der Waals surface area contributed by atoms with Crippen LogP contribution < -0.4 is 14.4 Å². The lowest BCUT2D eigenvalue weighted by Gasteiger charge is -2.35. The molecule has 0 radical (unpaired) electrons. The zero-order valence-electron chi connectivity index (χ0n) is 15.4. The van der Waals surface area contributed by atoms with Crippen LogP contribution in [0.5, 0.6) is 11.5 Å². The minimum absolute atomic E-state index is 0.00924. The van der Waals surface area contributed by atoms with Crippen LogP contribution in [0.3, 0.4) is 0 Å². The van der Waals surface area contributed by atoms with Gasteiger partial charge < -0.3 is 19.3 Å². The van der Waals surface area contributed by atoms with E-state index in [-0.39, 0.29) is 12.5 Å². The number of nitrogens with zero attached hydrogens (tertiary/aromatic N) is 3. The van der Waals surface area contributed by atoms with Crippen LogP contribution in [-0.2, 0) is 4.79 Å². The first-order valence-electron chi connectivity index (χ1n) is 9.15. The fraction of sp³-hybridized carbons (Fsp3) is 0.400. The molecule has 27 heavy (non-hydrogen) atoms. The van der Waals surface area contributed by atoms with Crippen molar-refractivity contribution in [3.05, 3.63) is 47.6 Å². The second-order valence-corrected chi connectivity index (χ2v) is 6.75. The van der Waals surface area contributed by atoms with Crippen molar-refractivity contribution in [2.75, 3.05) is 44.3 Å². The number of anilines is 1. The minimum Gasteiger partial charge on any atom is -0.494 e. The van der Waals surface area contributed by atoms with E-state index in [1.54, 1.807) is 6.20 Å². The number of piperazine rings is 1. The number of ether oxygens (including phenoxy) is 2. The Kier molecular flexibility index (Phi) is 6.76. The maximum atomic E-state index is 12.4. The number of aromatic nitrogens is 1. The maximum absolute atomic E-state index is 12.4. The van der Waals surface area contributed by atoms with Gasteiger partial charge in [0.2, 0.25) is 0 Å². The molecule has 1 aliphatic heterocycles. The van der Waals surface area contributed by atoms with Crippen molar-refractivity contribution in [3.63, 3.8) is 0 Å². The fourth-order valence-electron chi connectivity index (χ4n) is 2.83. The van der Waals surface area contributed by atoms with Crippen molar-refractivity contribution in [3.8, 4) is 11.5 Å². The highest BCUT2D eigenvalue weighted by Gasteiger charge is 2.22. The van der Waals surface area contributed by atoms with Crippen molar-refractivity contribution in [1.29, 1.82) is 0 Å². The van der Waals surface area contributed by atoms with E-state index in [4.69, 9.17) is 21.1 Å². The molecule has 0 bridgehead atoms. The fourth-order valence-corrected chi connectivity index (χ4v) is 2.94. The lowest BCUT2D eigenvalue weighted by Crippen LogP contribution is -2.50. The van der Waals surface area contributed by atoms with Crippen LogP contribution in [0.15, 0.2) is 42.6 Å². The normalized spacial score (nSPS) is 14.1. The minimum atomic E-state index is -0.00924. The van der Waals surface area contributed by atoms with E-state index in [9.17, 15) is 4.79 Å². The van der Waals surface area contributed by atoms with Crippen molar-refractivity contribution in [2.45, 2.75) is 13.3 Å². The third-order valence-corrected chi connectivity index (χ3v) is 4.55. The second-order valence-electron chi connectivity index (χ2n) is 6.31. The van der Waals surface area contributed by atoms with Gasteiger partial charge in [-0.1, -0.05) is 18.5 Å². The highest BCUT2D eigenvalue weighted by Crippen LogP contribution is 2.19. The summed E-state index contributed by atoms with van der Waals surface area (Å²) in [5.41, 5.74) is 0. The van der Waals surface area contributed by atoms with Crippen LogP contribution in [0, 0.1) is 0 Å². The largest absolute Gasteiger partial charge is 0.494 e. The number of hydrogen-bond acceptors (Lipinski definition) is 5. The summed E-state index contributed by atoms with van der Waals surface area (Å²) >= 11 is 5.88. The molecule has 144 valence electrons. The Bertz CT molecular complexity index is 729. The highest BCUT2D eigenvalue weighted by molar-refractivity contribution is 6.30. The summed E-state index contributed by atoms with van der Waals surface area (Å²) in [4.78, 5) is 20.7. The molecule has 2 heterocycles. The van der Waals surface area contributed by atoms with Gasteiger partial charge in [-0.2, -0.15) is 0 Å². The van der Waals surface area contributed by atoms with Crippen LogP contribution in [0.4, 0.5) is 5.82 Å². The molecule has 3 rings (SSSR count). The molecule has 0 atom stereocenters. The molecular formula is C20H24ClN3O3. The molecule has 2 aromatic rings. The van der Waals surface area contributed by atoms with E-state index < -0.39 is 0 Å². The summed E-state index contributed by atoms with van der Waals surface area (Å²) in [6.07, 6.45) is 2.61. The zero-order valence-corrected chi connectivity index (χ0v) is 16.2. The molecule has 1 saturated heterocycles. The van der Waals surface area contributed by atoms with Crippen LogP contribution in [0.2, 0.25) is 5.02 Å². The Labute approximate surface area is 164 Å². The Morgan fingerprint density at radius 3 is 2.30 bits per heavy atom. The zero-order chi connectivity index (χ0) is 19.1. The van der Waals surface area contributed by atoms with E-state index >= 15 is 0 Å². The van der Waals surface area contributed by atoms with Gasteiger partial charge >= 0.3 is 0 Å². The Morgan fingerprint density at radius 1 is 1.04 bits per heavy atom. The predicted molar refractivity (Wildman–Crippen MR) is 106 cm³/mol. The van der Waals surface area contributed by atoms with E-state index in [0.717, 1.165) is 31.1 Å². The van der Waals surface area contributed by atoms with E-state index in [1.165, 1.54) is 0 Å². The summed E-state index contributed by atoms with van der Waals surface area (Å²) in [7, 11) is 0. The van der Waals surface area contributed by atoms with E-state index in [2.05, 4.69) is 16.8 Å². The Hall–Kier alpha value is -2.47. The van der Waals surface area contributed by atoms with Gasteiger partial charge in [0.1, 0.15) is 17.3 Å². The average molecular weight is 390 g/mol. The van der Waals surface area contributed by atoms with Crippen molar-refractivity contribution >= 4 is 23.3 Å². The molecule has 0 aliphatic carbocycles. The monoisotopic (exact) mass is 389 g/mol. The first-order valence-corrected chi connectivity index (χ1v) is 9.53. The third kappa shape index (κ3) is 5.50. The molecule has 0 N–H and O–H groups in total. The molecule has 1 aromatic heterocycles. The number of carbonyl (C=O) groups is 1. The van der Waals surface area contributed by atoms with Crippen LogP contribution >= 0.6 is 11.6 Å². The van der Waals surface area contributed by atoms with Crippen LogP contribution in [0.1, 0.15) is 13.3 Å². The Balaban J connectivity index is 1.43. The SMILES string of the molecule is CCCOc1ccc(OCC(=O)N2CCN(c3ccc(Cl)cn3)CC2)cc1. The maximum Gasteiger partial charge on any atom is 0.260 e. The standard InChI is InChI=1S/C20H24ClN3O3/c1-2-13-26-17-4-6-18(7-5-17)27-15-20(25)24-11-9-23(10-12-24)19-8-3-16(21)14-22-19/h3-8,14H,2,9-13,15H2,1H3. The van der Waals surface area contributed by atoms with Gasteiger partial charge in [-0.25, -0.2) is 4.98 Å². The van der Waals surface area contributed by atoms with E-state index in [1.807, 2.05) is 41.3 Å². The van der Waals surface area contributed by atoms with E-state index in [0.29, 0.717) is 30.5 Å². The molecule has 1 aromatic carbocycles. The molecule has 1 amide bonds. The number of halogens is 1. The lowest BCUT2D eigenvalue weighted by atomic mass is 10.3. The molecule has 1 aliphatic rings. The van der Waals surface area contributed by atoms with Gasteiger partial charge in [-0.05, 0) is 42.8 Å². The molecule has 1 fully saturated rings. The summed E-state index contributed by atoms with van der Waals surface area (Å²) < 4.78 is 11.2. The van der Waals surface area contributed by atoms with Gasteiger partial charge in [0, 0.05) is 32.4 Å². The van der Waals surface area contributed by atoms with Gasteiger partial charge in [0.15, 0.2) is 6.61 Å². The number of pyridine rings is 1. The molecule has 0 saturated carbocycles. The first-order chi connectivity index (χ1) is 13.2. The van der Waals surface area contributed by atoms with Crippen molar-refractivity contribution < 1.29 is 14.3 Å². The molecule has 0 unspecified atom stereocenters.